The van der Waals surface area contributed by atoms with E-state index in [1.807, 2.05) is 12.1 Å². The third-order valence-electron chi connectivity index (χ3n) is 15.3. The average Bonchev–Trinajstić information content (AvgIpc) is 3.94. The van der Waals surface area contributed by atoms with Crippen LogP contribution in [0, 0.1) is 0 Å². The molecule has 0 saturated heterocycles. The molecule has 346 valence electrons. The molecule has 2 aromatic heterocycles. The third kappa shape index (κ3) is 6.87. The number of para-hydroxylation sites is 2. The minimum atomic E-state index is -0.306. The molecule has 0 amide bonds. The number of furan rings is 2. The van der Waals surface area contributed by atoms with Crippen LogP contribution >= 0.6 is 0 Å². The molecular formula is C67H56N2O2. The van der Waals surface area contributed by atoms with Gasteiger partial charge in [0, 0.05) is 61.1 Å². The van der Waals surface area contributed by atoms with Crippen LogP contribution in [-0.2, 0) is 16.2 Å². The molecule has 71 heavy (non-hydrogen) atoms. The summed E-state index contributed by atoms with van der Waals surface area (Å²) in [6.07, 6.45) is 0. The molecule has 0 unspecified atom stereocenters. The van der Waals surface area contributed by atoms with Gasteiger partial charge in [-0.1, -0.05) is 146 Å². The third-order valence-corrected chi connectivity index (χ3v) is 15.3. The summed E-state index contributed by atoms with van der Waals surface area (Å²) < 4.78 is 12.6. The summed E-state index contributed by atoms with van der Waals surface area (Å²) in [4.78, 5) is 4.82. The van der Waals surface area contributed by atoms with Gasteiger partial charge in [0.25, 0.3) is 0 Å². The van der Waals surface area contributed by atoms with E-state index in [-0.39, 0.29) is 16.2 Å². The Morgan fingerprint density at radius 1 is 0.338 bits per heavy atom. The highest BCUT2D eigenvalue weighted by Gasteiger charge is 2.35. The number of benzene rings is 10. The fourth-order valence-electron chi connectivity index (χ4n) is 11.5. The number of hydrogen-bond donors (Lipinski definition) is 0. The summed E-state index contributed by atoms with van der Waals surface area (Å²) in [5.74, 6) is 0. The summed E-state index contributed by atoms with van der Waals surface area (Å²) in [5.41, 5.74) is 17.8. The smallest absolute Gasteiger partial charge is 0.135 e. The van der Waals surface area contributed by atoms with Crippen molar-refractivity contribution in [1.29, 1.82) is 0 Å². The van der Waals surface area contributed by atoms with E-state index in [0.717, 1.165) is 78.0 Å². The molecule has 4 nitrogen and oxygen atoms in total. The van der Waals surface area contributed by atoms with Crippen LogP contribution in [0.3, 0.4) is 0 Å². The quantitative estimate of drug-likeness (QED) is 0.156. The zero-order chi connectivity index (χ0) is 48.6. The van der Waals surface area contributed by atoms with Gasteiger partial charge in [-0.3, -0.25) is 0 Å². The molecule has 13 rings (SSSR count). The van der Waals surface area contributed by atoms with Crippen LogP contribution in [0.1, 0.15) is 77.6 Å². The molecule has 0 saturated carbocycles. The van der Waals surface area contributed by atoms with Gasteiger partial charge in [0.2, 0.25) is 0 Å². The Labute approximate surface area is 415 Å². The fourth-order valence-corrected chi connectivity index (χ4v) is 11.5. The lowest BCUT2D eigenvalue weighted by molar-refractivity contribution is 0.590. The number of hydrogen-bond acceptors (Lipinski definition) is 4. The van der Waals surface area contributed by atoms with E-state index >= 15 is 0 Å². The molecule has 10 aromatic carbocycles. The average molecular weight is 921 g/mol. The van der Waals surface area contributed by atoms with Crippen molar-refractivity contribution < 1.29 is 8.83 Å². The largest absolute Gasteiger partial charge is 0.456 e. The van der Waals surface area contributed by atoms with Crippen LogP contribution < -0.4 is 9.80 Å². The molecule has 12 aromatic rings. The molecule has 0 atom stereocenters. The van der Waals surface area contributed by atoms with Gasteiger partial charge in [-0.05, 0) is 169 Å². The Morgan fingerprint density at radius 3 is 1.31 bits per heavy atom. The molecule has 1 aliphatic carbocycles. The lowest BCUT2D eigenvalue weighted by atomic mass is 9.68. The molecule has 2 heterocycles. The predicted molar refractivity (Wildman–Crippen MR) is 300 cm³/mol. The van der Waals surface area contributed by atoms with Crippen molar-refractivity contribution in [3.05, 3.63) is 216 Å². The maximum atomic E-state index is 6.32. The summed E-state index contributed by atoms with van der Waals surface area (Å²) >= 11 is 0. The molecule has 4 heteroatoms. The summed E-state index contributed by atoms with van der Waals surface area (Å²) in [6.45, 7) is 18.4. The Morgan fingerprint density at radius 2 is 0.775 bits per heavy atom. The Bertz CT molecular complexity index is 4100. The summed E-state index contributed by atoms with van der Waals surface area (Å²) in [6, 6.07) is 71.6. The first-order valence-corrected chi connectivity index (χ1v) is 25.0. The first-order chi connectivity index (χ1) is 34.2. The van der Waals surface area contributed by atoms with Gasteiger partial charge in [-0.25, -0.2) is 0 Å². The lowest BCUT2D eigenvalue weighted by Crippen LogP contribution is -2.24. The number of fused-ring (bicyclic) bond motifs is 10. The second-order valence-electron chi connectivity index (χ2n) is 22.2. The summed E-state index contributed by atoms with van der Waals surface area (Å²) in [5, 5.41) is 9.49. The van der Waals surface area contributed by atoms with Gasteiger partial charge >= 0.3 is 0 Å². The Kier molecular flexibility index (Phi) is 9.36. The van der Waals surface area contributed by atoms with Crippen molar-refractivity contribution in [3.63, 3.8) is 0 Å². The number of anilines is 6. The molecule has 1 aliphatic rings. The van der Waals surface area contributed by atoms with Crippen LogP contribution in [0.2, 0.25) is 0 Å². The summed E-state index contributed by atoms with van der Waals surface area (Å²) in [7, 11) is 0. The van der Waals surface area contributed by atoms with Gasteiger partial charge in [-0.15, -0.1) is 0 Å². The monoisotopic (exact) mass is 920 g/mol. The van der Waals surface area contributed by atoms with E-state index in [1.165, 1.54) is 54.9 Å². The first kappa shape index (κ1) is 43.0. The van der Waals surface area contributed by atoms with Gasteiger partial charge < -0.3 is 18.6 Å². The molecular weight excluding hydrogens is 865 g/mol. The zero-order valence-electron chi connectivity index (χ0n) is 41.7. The Balaban J connectivity index is 0.970. The maximum Gasteiger partial charge on any atom is 0.135 e. The fraction of sp³-hybridized carbons (Fsp3) is 0.164. The van der Waals surface area contributed by atoms with E-state index < -0.39 is 0 Å². The second kappa shape index (κ2) is 15.5. The van der Waals surface area contributed by atoms with Crippen LogP contribution in [0.4, 0.5) is 34.1 Å². The topological polar surface area (TPSA) is 32.8 Å². The maximum absolute atomic E-state index is 6.32. The molecule has 0 fully saturated rings. The lowest BCUT2D eigenvalue weighted by Gasteiger charge is -2.37. The highest BCUT2D eigenvalue weighted by Crippen LogP contribution is 2.53. The SMILES string of the molecule is CC(C)(C)c1ccc(N(c2ccc3c(c2)C(C)(C)c2cccc4c2c-3cc2ccc(N(c3ccc(C(C)(C)C)cc3)c3ccc5oc6ccccc6c5c3)cc24)c2ccc3oc4ccccc4c3c2)cc1. The van der Waals surface area contributed by atoms with Crippen LogP contribution in [0.25, 0.3) is 76.5 Å². The molecule has 0 spiro atoms. The van der Waals surface area contributed by atoms with Crippen LogP contribution in [0.5, 0.6) is 0 Å². The first-order valence-electron chi connectivity index (χ1n) is 25.0. The zero-order valence-corrected chi connectivity index (χ0v) is 41.7. The van der Waals surface area contributed by atoms with Crippen LogP contribution in [0.15, 0.2) is 203 Å². The van der Waals surface area contributed by atoms with Crippen molar-refractivity contribution in [2.75, 3.05) is 9.80 Å². The molecule has 0 bridgehead atoms. The Hall–Kier alpha value is -8.08. The molecule has 0 aliphatic heterocycles. The minimum absolute atomic E-state index is 0.0387. The predicted octanol–water partition coefficient (Wildman–Crippen LogP) is 19.6. The normalized spacial score (nSPS) is 13.5. The highest BCUT2D eigenvalue weighted by atomic mass is 16.3. The van der Waals surface area contributed by atoms with Crippen molar-refractivity contribution in [2.45, 2.75) is 71.6 Å². The standard InChI is InChI=1S/C67H56N2O2/c1-65(2,3)42-21-26-44(27-22-42)68(47-31-34-62-55(38-47)51-14-9-11-18-60(51)70-62)46-25-20-41-36-57-50-33-30-49(40-59(50)67(7,8)58-17-13-16-53(64(57)58)54(41)37-46)69(45-28-23-43(24-29-45)66(4,5)6)48-32-35-63-56(39-48)52-15-10-12-19-61(52)71-63/h9-40H,1-8H3. The number of rotatable bonds is 6. The minimum Gasteiger partial charge on any atom is -0.456 e. The van der Waals surface area contributed by atoms with Crippen molar-refractivity contribution >= 4 is 99.5 Å². The number of nitrogens with zero attached hydrogens (tertiary/aromatic N) is 2. The van der Waals surface area contributed by atoms with Crippen molar-refractivity contribution in [3.8, 4) is 11.1 Å². The van der Waals surface area contributed by atoms with Crippen molar-refractivity contribution in [2.24, 2.45) is 0 Å². The van der Waals surface area contributed by atoms with E-state index in [0.29, 0.717) is 0 Å². The van der Waals surface area contributed by atoms with E-state index in [4.69, 9.17) is 8.83 Å². The van der Waals surface area contributed by atoms with Gasteiger partial charge in [0.05, 0.1) is 0 Å². The highest BCUT2D eigenvalue weighted by molar-refractivity contribution is 6.18. The molecule has 0 N–H and O–H groups in total. The van der Waals surface area contributed by atoms with E-state index in [2.05, 4.69) is 247 Å². The van der Waals surface area contributed by atoms with Gasteiger partial charge in [0.1, 0.15) is 22.3 Å². The van der Waals surface area contributed by atoms with Gasteiger partial charge in [-0.2, -0.15) is 0 Å². The van der Waals surface area contributed by atoms with Gasteiger partial charge in [0.15, 0.2) is 0 Å². The molecule has 0 radical (unpaired) electrons. The van der Waals surface area contributed by atoms with Crippen molar-refractivity contribution in [1.82, 2.24) is 0 Å². The van der Waals surface area contributed by atoms with E-state index in [1.54, 1.807) is 0 Å². The second-order valence-corrected chi connectivity index (χ2v) is 22.2. The van der Waals surface area contributed by atoms with E-state index in [9.17, 15) is 0 Å². The van der Waals surface area contributed by atoms with Crippen LogP contribution in [-0.4, -0.2) is 0 Å².